The molecule has 6 heteroatoms. The molecule has 1 aromatic rings. The molecule has 0 aliphatic heterocycles. The molecular formula is C13H17Br2NO2S. The van der Waals surface area contributed by atoms with Crippen molar-refractivity contribution in [2.45, 2.75) is 32.1 Å². The Morgan fingerprint density at radius 1 is 1.37 bits per heavy atom. The van der Waals surface area contributed by atoms with Crippen LogP contribution in [0.3, 0.4) is 0 Å². The van der Waals surface area contributed by atoms with E-state index in [1.165, 1.54) is 17.8 Å². The lowest BCUT2D eigenvalue weighted by Gasteiger charge is -2.35. The molecule has 2 rings (SSSR count). The number of carbonyl (C=O) groups is 1. The molecule has 0 spiro atoms. The summed E-state index contributed by atoms with van der Waals surface area (Å²) >= 11 is 8.25. The lowest BCUT2D eigenvalue weighted by atomic mass is 9.74. The van der Waals surface area contributed by atoms with Gasteiger partial charge in [0.05, 0.1) is 19.7 Å². The molecule has 1 aromatic heterocycles. The average Bonchev–Trinajstić information content (AvgIpc) is 2.76. The van der Waals surface area contributed by atoms with Crippen LogP contribution in [0.1, 0.15) is 42.5 Å². The molecule has 1 saturated carbocycles. The van der Waals surface area contributed by atoms with Crippen LogP contribution >= 0.6 is 43.2 Å². The fourth-order valence-electron chi connectivity index (χ4n) is 2.55. The summed E-state index contributed by atoms with van der Waals surface area (Å²) in [5, 5.41) is 12.6. The van der Waals surface area contributed by atoms with Gasteiger partial charge in [0.15, 0.2) is 0 Å². The summed E-state index contributed by atoms with van der Waals surface area (Å²) in [5.74, 6) is -0.0766. The van der Waals surface area contributed by atoms with E-state index in [2.05, 4.69) is 37.2 Å². The third kappa shape index (κ3) is 3.80. The molecule has 0 atom stereocenters. The van der Waals surface area contributed by atoms with Crippen molar-refractivity contribution in [2.75, 3.05) is 13.2 Å². The van der Waals surface area contributed by atoms with Gasteiger partial charge in [-0.05, 0) is 50.8 Å². The van der Waals surface area contributed by atoms with E-state index in [1.807, 2.05) is 6.07 Å². The lowest BCUT2D eigenvalue weighted by Crippen LogP contribution is -2.41. The SMILES string of the molecule is O=C(NCC1(CO)CCCCC1)c1cc(Br)sc1Br. The quantitative estimate of drug-likeness (QED) is 0.789. The van der Waals surface area contributed by atoms with E-state index in [4.69, 9.17) is 0 Å². The van der Waals surface area contributed by atoms with Gasteiger partial charge in [-0.15, -0.1) is 11.3 Å². The molecule has 0 radical (unpaired) electrons. The highest BCUT2D eigenvalue weighted by molar-refractivity contribution is 9.12. The average molecular weight is 411 g/mol. The van der Waals surface area contributed by atoms with Gasteiger partial charge in [0.1, 0.15) is 0 Å². The Labute approximate surface area is 134 Å². The van der Waals surface area contributed by atoms with Crippen LogP contribution in [0, 0.1) is 5.41 Å². The number of aliphatic hydroxyl groups excluding tert-OH is 1. The number of hydrogen-bond donors (Lipinski definition) is 2. The zero-order valence-corrected chi connectivity index (χ0v) is 14.5. The third-order valence-electron chi connectivity index (χ3n) is 3.77. The van der Waals surface area contributed by atoms with Crippen LogP contribution in [0.15, 0.2) is 13.6 Å². The van der Waals surface area contributed by atoms with Gasteiger partial charge >= 0.3 is 0 Å². The highest BCUT2D eigenvalue weighted by atomic mass is 79.9. The molecule has 106 valence electrons. The maximum Gasteiger partial charge on any atom is 0.253 e. The van der Waals surface area contributed by atoms with E-state index in [1.54, 1.807) is 0 Å². The van der Waals surface area contributed by atoms with Gasteiger partial charge < -0.3 is 10.4 Å². The van der Waals surface area contributed by atoms with Gasteiger partial charge in [-0.25, -0.2) is 0 Å². The zero-order valence-electron chi connectivity index (χ0n) is 10.5. The second-order valence-electron chi connectivity index (χ2n) is 5.14. The second-order valence-corrected chi connectivity index (χ2v) is 8.89. The first-order valence-corrected chi connectivity index (χ1v) is 8.80. The number of thiophene rings is 1. The number of halogens is 2. The summed E-state index contributed by atoms with van der Waals surface area (Å²) in [7, 11) is 0. The number of hydrogen-bond acceptors (Lipinski definition) is 3. The topological polar surface area (TPSA) is 49.3 Å². The van der Waals surface area contributed by atoms with Gasteiger partial charge in [-0.1, -0.05) is 19.3 Å². The van der Waals surface area contributed by atoms with E-state index in [0.717, 1.165) is 33.3 Å². The Morgan fingerprint density at radius 3 is 2.58 bits per heavy atom. The Balaban J connectivity index is 1.97. The molecule has 1 amide bonds. The maximum atomic E-state index is 12.1. The molecule has 2 N–H and O–H groups in total. The third-order valence-corrected chi connectivity index (χ3v) is 6.11. The molecule has 1 heterocycles. The summed E-state index contributed by atoms with van der Waals surface area (Å²) in [5.41, 5.74) is 0.536. The van der Waals surface area contributed by atoms with Crippen molar-refractivity contribution in [1.82, 2.24) is 5.32 Å². The minimum atomic E-state index is -0.117. The minimum absolute atomic E-state index is 0.0766. The smallest absolute Gasteiger partial charge is 0.253 e. The summed E-state index contributed by atoms with van der Waals surface area (Å²) in [6.45, 7) is 0.712. The molecule has 1 aliphatic rings. The van der Waals surface area contributed by atoms with Crippen molar-refractivity contribution in [2.24, 2.45) is 5.41 Å². The van der Waals surface area contributed by atoms with Crippen LogP contribution in [0.25, 0.3) is 0 Å². The van der Waals surface area contributed by atoms with Crippen molar-refractivity contribution in [3.63, 3.8) is 0 Å². The number of rotatable bonds is 4. The molecule has 1 aliphatic carbocycles. The highest BCUT2D eigenvalue weighted by Crippen LogP contribution is 2.36. The maximum absolute atomic E-state index is 12.1. The standard InChI is InChI=1S/C13H17Br2NO2S/c14-10-6-9(11(15)19-10)12(18)16-7-13(8-17)4-2-1-3-5-13/h6,17H,1-5,7-8H2,(H,16,18). The van der Waals surface area contributed by atoms with Crippen LogP contribution in [0.5, 0.6) is 0 Å². The van der Waals surface area contributed by atoms with Gasteiger partial charge in [0.2, 0.25) is 0 Å². The van der Waals surface area contributed by atoms with E-state index in [-0.39, 0.29) is 17.9 Å². The van der Waals surface area contributed by atoms with Crippen LogP contribution in [0.2, 0.25) is 0 Å². The Bertz CT molecular complexity index is 455. The van der Waals surface area contributed by atoms with Crippen molar-refractivity contribution >= 4 is 49.1 Å². The van der Waals surface area contributed by atoms with E-state index in [9.17, 15) is 9.90 Å². The molecule has 0 unspecified atom stereocenters. The van der Waals surface area contributed by atoms with Crippen molar-refractivity contribution in [1.29, 1.82) is 0 Å². The first kappa shape index (κ1) is 15.5. The van der Waals surface area contributed by atoms with Gasteiger partial charge in [0.25, 0.3) is 5.91 Å². The highest BCUT2D eigenvalue weighted by Gasteiger charge is 2.32. The Hall–Kier alpha value is 0.0900. The Kier molecular flexibility index (Phi) is 5.45. The van der Waals surface area contributed by atoms with Gasteiger partial charge in [-0.3, -0.25) is 4.79 Å². The Morgan fingerprint density at radius 2 is 2.05 bits per heavy atom. The van der Waals surface area contributed by atoms with Crippen molar-refractivity contribution < 1.29 is 9.90 Å². The number of aliphatic hydroxyl groups is 1. The zero-order chi connectivity index (χ0) is 13.9. The molecule has 0 saturated heterocycles. The lowest BCUT2D eigenvalue weighted by molar-refractivity contribution is 0.0718. The van der Waals surface area contributed by atoms with Gasteiger partial charge in [0, 0.05) is 12.0 Å². The van der Waals surface area contributed by atoms with Crippen LogP contribution in [-0.2, 0) is 0 Å². The second kappa shape index (κ2) is 6.70. The van der Waals surface area contributed by atoms with Crippen LogP contribution in [0.4, 0.5) is 0 Å². The van der Waals surface area contributed by atoms with Gasteiger partial charge in [-0.2, -0.15) is 0 Å². The monoisotopic (exact) mass is 409 g/mol. The van der Waals surface area contributed by atoms with E-state index < -0.39 is 0 Å². The summed E-state index contributed by atoms with van der Waals surface area (Å²) in [6, 6.07) is 1.82. The summed E-state index contributed by atoms with van der Waals surface area (Å²) in [6.07, 6.45) is 5.52. The predicted octanol–water partition coefficient (Wildman–Crippen LogP) is 3.95. The molecule has 0 aromatic carbocycles. The largest absolute Gasteiger partial charge is 0.396 e. The molecule has 0 bridgehead atoms. The van der Waals surface area contributed by atoms with Crippen molar-refractivity contribution in [3.05, 3.63) is 19.2 Å². The number of carbonyl (C=O) groups excluding carboxylic acids is 1. The normalized spacial score (nSPS) is 18.3. The van der Waals surface area contributed by atoms with E-state index in [0.29, 0.717) is 12.1 Å². The first-order valence-electron chi connectivity index (χ1n) is 6.40. The van der Waals surface area contributed by atoms with Crippen LogP contribution < -0.4 is 5.32 Å². The molecular weight excluding hydrogens is 394 g/mol. The van der Waals surface area contributed by atoms with Crippen molar-refractivity contribution in [3.8, 4) is 0 Å². The minimum Gasteiger partial charge on any atom is -0.396 e. The van der Waals surface area contributed by atoms with Crippen LogP contribution in [-0.4, -0.2) is 24.2 Å². The number of nitrogens with one attached hydrogen (secondary N) is 1. The molecule has 1 fully saturated rings. The fraction of sp³-hybridized carbons (Fsp3) is 0.615. The summed E-state index contributed by atoms with van der Waals surface area (Å²) in [4.78, 5) is 12.1. The molecule has 3 nitrogen and oxygen atoms in total. The first-order chi connectivity index (χ1) is 9.06. The predicted molar refractivity (Wildman–Crippen MR) is 84.7 cm³/mol. The summed E-state index contributed by atoms with van der Waals surface area (Å²) < 4.78 is 1.76. The number of amides is 1. The van der Waals surface area contributed by atoms with E-state index >= 15 is 0 Å². The molecule has 19 heavy (non-hydrogen) atoms. The fourth-order valence-corrected chi connectivity index (χ4v) is 5.34.